The van der Waals surface area contributed by atoms with Gasteiger partial charge in [-0.1, -0.05) is 30.3 Å². The molecule has 120 valence electrons. The molecular weight excluding hydrogens is 294 g/mol. The van der Waals surface area contributed by atoms with Crippen molar-refractivity contribution in [1.29, 1.82) is 0 Å². The number of carbonyl (C=O) groups excluding carboxylic acids is 1. The summed E-state index contributed by atoms with van der Waals surface area (Å²) in [5.74, 6) is -0.167. The van der Waals surface area contributed by atoms with Crippen LogP contribution < -0.4 is 10.6 Å². The van der Waals surface area contributed by atoms with Crippen molar-refractivity contribution in [2.45, 2.75) is 20.4 Å². The van der Waals surface area contributed by atoms with Gasteiger partial charge in [-0.15, -0.1) is 0 Å². The lowest BCUT2D eigenvalue weighted by molar-refractivity contribution is -0.385. The Morgan fingerprint density at radius 3 is 2.57 bits per heavy atom. The number of carbonyl (C=O) groups is 1. The average molecular weight is 313 g/mol. The maximum atomic E-state index is 11.9. The fourth-order valence-corrected chi connectivity index (χ4v) is 2.25. The number of nitrogens with zero attached hydrogens (tertiary/aromatic N) is 1. The molecule has 0 heterocycles. The molecule has 0 aliphatic carbocycles. The summed E-state index contributed by atoms with van der Waals surface area (Å²) in [6.45, 7) is 4.17. The van der Waals surface area contributed by atoms with Gasteiger partial charge in [0.2, 0.25) is 5.91 Å². The van der Waals surface area contributed by atoms with Gasteiger partial charge in [-0.05, 0) is 31.0 Å². The van der Waals surface area contributed by atoms with E-state index in [0.717, 1.165) is 11.1 Å². The fraction of sp³-hybridized carbons (Fsp3) is 0.235. The summed E-state index contributed by atoms with van der Waals surface area (Å²) in [6, 6.07) is 12.6. The van der Waals surface area contributed by atoms with Crippen molar-refractivity contribution in [3.8, 4) is 0 Å². The molecule has 0 aromatic heterocycles. The Morgan fingerprint density at radius 1 is 1.13 bits per heavy atom. The van der Waals surface area contributed by atoms with Gasteiger partial charge in [-0.25, -0.2) is 0 Å². The Balaban J connectivity index is 1.91. The molecule has 0 spiro atoms. The predicted molar refractivity (Wildman–Crippen MR) is 89.3 cm³/mol. The standard InChI is InChI=1S/C17H19N3O3/c1-12-6-3-4-7-14(12)10-19-17(21)11-18-15-8-5-9-16(13(15)2)20(22)23/h3-9,18H,10-11H2,1-2H3,(H,19,21). The van der Waals surface area contributed by atoms with Gasteiger partial charge in [-0.2, -0.15) is 0 Å². The topological polar surface area (TPSA) is 84.3 Å². The van der Waals surface area contributed by atoms with Gasteiger partial charge in [0.15, 0.2) is 0 Å². The van der Waals surface area contributed by atoms with E-state index in [9.17, 15) is 14.9 Å². The molecule has 0 unspecified atom stereocenters. The van der Waals surface area contributed by atoms with Crippen molar-refractivity contribution >= 4 is 17.3 Å². The van der Waals surface area contributed by atoms with Crippen molar-refractivity contribution in [2.75, 3.05) is 11.9 Å². The first kappa shape index (κ1) is 16.5. The van der Waals surface area contributed by atoms with Crippen LogP contribution in [0, 0.1) is 24.0 Å². The minimum atomic E-state index is -0.432. The minimum Gasteiger partial charge on any atom is -0.376 e. The summed E-state index contributed by atoms with van der Waals surface area (Å²) in [6.07, 6.45) is 0. The smallest absolute Gasteiger partial charge is 0.274 e. The number of nitro groups is 1. The Morgan fingerprint density at radius 2 is 1.87 bits per heavy atom. The third kappa shape index (κ3) is 4.29. The van der Waals surface area contributed by atoms with Gasteiger partial charge in [-0.3, -0.25) is 14.9 Å². The lowest BCUT2D eigenvalue weighted by Crippen LogP contribution is -2.29. The van der Waals surface area contributed by atoms with Crippen LogP contribution in [-0.4, -0.2) is 17.4 Å². The van der Waals surface area contributed by atoms with Crippen molar-refractivity contribution in [3.63, 3.8) is 0 Å². The Hall–Kier alpha value is -2.89. The number of hydrogen-bond donors (Lipinski definition) is 2. The van der Waals surface area contributed by atoms with Crippen LogP contribution in [0.5, 0.6) is 0 Å². The van der Waals surface area contributed by atoms with E-state index in [4.69, 9.17) is 0 Å². The van der Waals surface area contributed by atoms with E-state index in [1.165, 1.54) is 6.07 Å². The minimum absolute atomic E-state index is 0.0373. The summed E-state index contributed by atoms with van der Waals surface area (Å²) in [5.41, 5.74) is 3.33. The molecule has 2 rings (SSSR count). The van der Waals surface area contributed by atoms with Gasteiger partial charge in [0.05, 0.1) is 11.5 Å². The van der Waals surface area contributed by atoms with Crippen LogP contribution in [0.1, 0.15) is 16.7 Å². The molecule has 0 aliphatic heterocycles. The number of nitro benzene ring substituents is 1. The summed E-state index contributed by atoms with van der Waals surface area (Å²) >= 11 is 0. The van der Waals surface area contributed by atoms with Crippen LogP contribution in [0.3, 0.4) is 0 Å². The third-order valence-corrected chi connectivity index (χ3v) is 3.68. The van der Waals surface area contributed by atoms with Crippen LogP contribution in [0.2, 0.25) is 0 Å². The second kappa shape index (κ2) is 7.40. The largest absolute Gasteiger partial charge is 0.376 e. The highest BCUT2D eigenvalue weighted by Crippen LogP contribution is 2.24. The van der Waals surface area contributed by atoms with Crippen molar-refractivity contribution in [2.24, 2.45) is 0 Å². The molecule has 0 aliphatic rings. The predicted octanol–water partition coefficient (Wildman–Crippen LogP) is 2.94. The zero-order valence-electron chi connectivity index (χ0n) is 13.1. The molecule has 2 aromatic rings. The summed E-state index contributed by atoms with van der Waals surface area (Å²) in [5, 5.41) is 16.7. The van der Waals surface area contributed by atoms with Crippen molar-refractivity contribution < 1.29 is 9.72 Å². The monoisotopic (exact) mass is 313 g/mol. The summed E-state index contributed by atoms with van der Waals surface area (Å²) < 4.78 is 0. The third-order valence-electron chi connectivity index (χ3n) is 3.68. The number of anilines is 1. The second-order valence-corrected chi connectivity index (χ2v) is 5.26. The molecule has 1 amide bonds. The maximum absolute atomic E-state index is 11.9. The molecule has 6 nitrogen and oxygen atoms in total. The first-order chi connectivity index (χ1) is 11.0. The van der Waals surface area contributed by atoms with Crippen LogP contribution in [-0.2, 0) is 11.3 Å². The number of rotatable bonds is 6. The lowest BCUT2D eigenvalue weighted by Gasteiger charge is -2.11. The zero-order valence-corrected chi connectivity index (χ0v) is 13.1. The quantitative estimate of drug-likeness (QED) is 0.634. The van der Waals surface area contributed by atoms with E-state index in [0.29, 0.717) is 17.8 Å². The zero-order chi connectivity index (χ0) is 16.8. The van der Waals surface area contributed by atoms with Gasteiger partial charge >= 0.3 is 0 Å². The van der Waals surface area contributed by atoms with Crippen molar-refractivity contribution in [3.05, 3.63) is 69.3 Å². The SMILES string of the molecule is Cc1ccccc1CNC(=O)CNc1cccc([N+](=O)[O-])c1C. The molecule has 0 radical (unpaired) electrons. The molecule has 0 atom stereocenters. The lowest BCUT2D eigenvalue weighted by atomic mass is 10.1. The molecule has 2 N–H and O–H groups in total. The van der Waals surface area contributed by atoms with Crippen LogP contribution in [0.15, 0.2) is 42.5 Å². The van der Waals surface area contributed by atoms with Gasteiger partial charge < -0.3 is 10.6 Å². The average Bonchev–Trinajstić information content (AvgIpc) is 2.53. The Kier molecular flexibility index (Phi) is 5.30. The molecule has 0 saturated carbocycles. The molecule has 0 fully saturated rings. The number of benzene rings is 2. The Labute approximate surface area is 134 Å². The van der Waals surface area contributed by atoms with Crippen LogP contribution in [0.25, 0.3) is 0 Å². The van der Waals surface area contributed by atoms with E-state index in [1.54, 1.807) is 19.1 Å². The number of aryl methyl sites for hydroxylation is 1. The van der Waals surface area contributed by atoms with E-state index in [-0.39, 0.29) is 18.1 Å². The van der Waals surface area contributed by atoms with Crippen molar-refractivity contribution in [1.82, 2.24) is 5.32 Å². The first-order valence-corrected chi connectivity index (χ1v) is 7.28. The molecule has 0 saturated heterocycles. The summed E-state index contributed by atoms with van der Waals surface area (Å²) in [4.78, 5) is 22.4. The molecule has 23 heavy (non-hydrogen) atoms. The van der Waals surface area contributed by atoms with E-state index in [1.807, 2.05) is 31.2 Å². The maximum Gasteiger partial charge on any atom is 0.274 e. The number of amides is 1. The highest BCUT2D eigenvalue weighted by atomic mass is 16.6. The van der Waals surface area contributed by atoms with Crippen LogP contribution >= 0.6 is 0 Å². The molecule has 0 bridgehead atoms. The molecule has 2 aromatic carbocycles. The van der Waals surface area contributed by atoms with Gasteiger partial charge in [0.25, 0.3) is 5.69 Å². The number of nitrogens with one attached hydrogen (secondary N) is 2. The first-order valence-electron chi connectivity index (χ1n) is 7.28. The Bertz CT molecular complexity index is 729. The highest BCUT2D eigenvalue weighted by molar-refractivity contribution is 5.81. The van der Waals surface area contributed by atoms with E-state index >= 15 is 0 Å². The summed E-state index contributed by atoms with van der Waals surface area (Å²) in [7, 11) is 0. The fourth-order valence-electron chi connectivity index (χ4n) is 2.25. The normalized spacial score (nSPS) is 10.2. The highest BCUT2D eigenvalue weighted by Gasteiger charge is 2.13. The number of hydrogen-bond acceptors (Lipinski definition) is 4. The van der Waals surface area contributed by atoms with E-state index in [2.05, 4.69) is 10.6 Å². The van der Waals surface area contributed by atoms with E-state index < -0.39 is 4.92 Å². The molecule has 6 heteroatoms. The van der Waals surface area contributed by atoms with Crippen LogP contribution in [0.4, 0.5) is 11.4 Å². The molecular formula is C17H19N3O3. The second-order valence-electron chi connectivity index (χ2n) is 5.26. The van der Waals surface area contributed by atoms with Gasteiger partial charge in [0, 0.05) is 23.9 Å². The van der Waals surface area contributed by atoms with Gasteiger partial charge in [0.1, 0.15) is 0 Å².